The van der Waals surface area contributed by atoms with Gasteiger partial charge in [-0.1, -0.05) is 32.0 Å². The molecule has 2 rings (SSSR count). The minimum absolute atomic E-state index is 0.106. The number of sulfonamides is 1. The van der Waals surface area contributed by atoms with Gasteiger partial charge >= 0.3 is 0 Å². The Morgan fingerprint density at radius 2 is 1.95 bits per heavy atom. The molecule has 0 radical (unpaired) electrons. The molecule has 114 valence electrons. The molecule has 0 aliphatic heterocycles. The number of aryl methyl sites for hydroxylation is 1. The maximum Gasteiger partial charge on any atom is 0.279 e. The molecule has 3 N–H and O–H groups in total. The monoisotopic (exact) mass is 308 g/mol. The molecule has 1 heterocycles. The third kappa shape index (κ3) is 3.62. The van der Waals surface area contributed by atoms with Crippen LogP contribution in [0.5, 0.6) is 0 Å². The largest absolute Gasteiger partial charge is 0.313 e. The van der Waals surface area contributed by atoms with Crippen molar-refractivity contribution in [2.75, 3.05) is 11.3 Å². The van der Waals surface area contributed by atoms with Gasteiger partial charge in [0.05, 0.1) is 11.9 Å². The smallest absolute Gasteiger partial charge is 0.279 e. The first kappa shape index (κ1) is 15.5. The average Bonchev–Trinajstić information content (AvgIpc) is 2.94. The minimum atomic E-state index is -3.67. The lowest BCUT2D eigenvalue weighted by Crippen LogP contribution is -2.19. The number of rotatable bonds is 7. The predicted octanol–water partition coefficient (Wildman–Crippen LogP) is 1.88. The van der Waals surface area contributed by atoms with Crippen molar-refractivity contribution >= 4 is 15.7 Å². The molecule has 0 saturated carbocycles. The molecule has 0 aliphatic carbocycles. The number of hydrogen-bond acceptors (Lipinski definition) is 4. The molecule has 1 aromatic carbocycles. The highest BCUT2D eigenvalue weighted by Gasteiger charge is 2.21. The number of anilines is 1. The van der Waals surface area contributed by atoms with Gasteiger partial charge < -0.3 is 5.32 Å². The van der Waals surface area contributed by atoms with Gasteiger partial charge in [0.2, 0.25) is 0 Å². The Labute approximate surface area is 125 Å². The highest BCUT2D eigenvalue weighted by atomic mass is 32.2. The predicted molar refractivity (Wildman–Crippen MR) is 82.6 cm³/mol. The van der Waals surface area contributed by atoms with Gasteiger partial charge in [0.25, 0.3) is 10.0 Å². The van der Waals surface area contributed by atoms with Gasteiger partial charge in [0.15, 0.2) is 5.03 Å². The van der Waals surface area contributed by atoms with Gasteiger partial charge in [-0.2, -0.15) is 13.5 Å². The Morgan fingerprint density at radius 1 is 1.19 bits per heavy atom. The Bertz CT molecular complexity index is 695. The van der Waals surface area contributed by atoms with Crippen LogP contribution in [0.25, 0.3) is 0 Å². The molecular formula is C14H20N4O2S. The SMILES string of the molecule is CCNCc1cn[nH]c1S(=O)(=O)Nc1ccccc1CC. The normalized spacial score (nSPS) is 11.5. The van der Waals surface area contributed by atoms with Gasteiger partial charge in [-0.05, 0) is 24.6 Å². The van der Waals surface area contributed by atoms with Gasteiger partial charge in [-0.3, -0.25) is 9.82 Å². The molecule has 0 unspecified atom stereocenters. The summed E-state index contributed by atoms with van der Waals surface area (Å²) >= 11 is 0. The second-order valence-electron chi connectivity index (χ2n) is 4.62. The van der Waals surface area contributed by atoms with E-state index >= 15 is 0 Å². The van der Waals surface area contributed by atoms with E-state index < -0.39 is 10.0 Å². The van der Waals surface area contributed by atoms with E-state index in [1.165, 1.54) is 6.20 Å². The summed E-state index contributed by atoms with van der Waals surface area (Å²) in [6.07, 6.45) is 2.29. The van der Waals surface area contributed by atoms with Crippen LogP contribution in [-0.4, -0.2) is 25.2 Å². The number of para-hydroxylation sites is 1. The van der Waals surface area contributed by atoms with Crippen LogP contribution in [0.2, 0.25) is 0 Å². The first-order chi connectivity index (χ1) is 10.1. The van der Waals surface area contributed by atoms with Gasteiger partial charge in [0, 0.05) is 12.1 Å². The van der Waals surface area contributed by atoms with Crippen LogP contribution in [0.15, 0.2) is 35.5 Å². The molecular weight excluding hydrogens is 288 g/mol. The van der Waals surface area contributed by atoms with E-state index in [1.54, 1.807) is 6.07 Å². The van der Waals surface area contributed by atoms with E-state index in [2.05, 4.69) is 20.2 Å². The van der Waals surface area contributed by atoms with Crippen molar-refractivity contribution in [3.8, 4) is 0 Å². The lowest BCUT2D eigenvalue weighted by molar-refractivity contribution is 0.594. The fourth-order valence-corrected chi connectivity index (χ4v) is 3.28. The molecule has 0 aliphatic rings. The lowest BCUT2D eigenvalue weighted by Gasteiger charge is -2.11. The zero-order valence-corrected chi connectivity index (χ0v) is 13.0. The zero-order valence-electron chi connectivity index (χ0n) is 12.2. The topological polar surface area (TPSA) is 86.9 Å². The Kier molecular flexibility index (Phi) is 4.98. The first-order valence-corrected chi connectivity index (χ1v) is 8.40. The van der Waals surface area contributed by atoms with Crippen LogP contribution in [0.4, 0.5) is 5.69 Å². The number of aromatic amines is 1. The number of hydrogen-bond donors (Lipinski definition) is 3. The van der Waals surface area contributed by atoms with E-state index in [4.69, 9.17) is 0 Å². The van der Waals surface area contributed by atoms with Gasteiger partial charge in [-0.15, -0.1) is 0 Å². The fraction of sp³-hybridized carbons (Fsp3) is 0.357. The molecule has 0 amide bonds. The molecule has 0 spiro atoms. The van der Waals surface area contributed by atoms with E-state index in [0.717, 1.165) is 18.5 Å². The molecule has 21 heavy (non-hydrogen) atoms. The van der Waals surface area contributed by atoms with Gasteiger partial charge in [0.1, 0.15) is 0 Å². The number of benzene rings is 1. The average molecular weight is 308 g/mol. The van der Waals surface area contributed by atoms with E-state index in [1.807, 2.05) is 32.0 Å². The summed E-state index contributed by atoms with van der Waals surface area (Å²) in [7, 11) is -3.67. The minimum Gasteiger partial charge on any atom is -0.313 e. The Hall–Kier alpha value is -1.86. The van der Waals surface area contributed by atoms with Crippen molar-refractivity contribution in [3.05, 3.63) is 41.6 Å². The van der Waals surface area contributed by atoms with Crippen molar-refractivity contribution in [1.29, 1.82) is 0 Å². The summed E-state index contributed by atoms with van der Waals surface area (Å²) in [5.74, 6) is 0. The van der Waals surface area contributed by atoms with E-state index in [9.17, 15) is 8.42 Å². The molecule has 0 bridgehead atoms. The van der Waals surface area contributed by atoms with Gasteiger partial charge in [-0.25, -0.2) is 0 Å². The maximum atomic E-state index is 12.5. The standard InChI is InChI=1S/C14H20N4O2S/c1-3-11-7-5-6-8-13(11)18-21(19,20)14-12(9-15-4-2)10-16-17-14/h5-8,10,15,18H,3-4,9H2,1-2H3,(H,16,17). The third-order valence-corrected chi connectivity index (χ3v) is 4.53. The number of H-pyrrole nitrogens is 1. The second-order valence-corrected chi connectivity index (χ2v) is 6.24. The number of nitrogens with one attached hydrogen (secondary N) is 3. The molecule has 0 saturated heterocycles. The molecule has 0 atom stereocenters. The van der Waals surface area contributed by atoms with E-state index in [0.29, 0.717) is 17.8 Å². The summed E-state index contributed by atoms with van der Waals surface area (Å²) in [5, 5.41) is 9.62. The molecule has 0 fully saturated rings. The quantitative estimate of drug-likeness (QED) is 0.729. The first-order valence-electron chi connectivity index (χ1n) is 6.92. The van der Waals surface area contributed by atoms with E-state index in [-0.39, 0.29) is 5.03 Å². The second kappa shape index (κ2) is 6.73. The highest BCUT2D eigenvalue weighted by molar-refractivity contribution is 7.92. The van der Waals surface area contributed by atoms with Crippen molar-refractivity contribution in [2.24, 2.45) is 0 Å². The number of aromatic nitrogens is 2. The van der Waals surface area contributed by atoms with Crippen molar-refractivity contribution in [1.82, 2.24) is 15.5 Å². The van der Waals surface area contributed by atoms with Crippen LogP contribution in [-0.2, 0) is 23.0 Å². The van der Waals surface area contributed by atoms with Crippen molar-refractivity contribution in [2.45, 2.75) is 31.8 Å². The Morgan fingerprint density at radius 3 is 2.67 bits per heavy atom. The highest BCUT2D eigenvalue weighted by Crippen LogP contribution is 2.21. The molecule has 2 aromatic rings. The summed E-state index contributed by atoms with van der Waals surface area (Å²) in [6, 6.07) is 7.37. The van der Waals surface area contributed by atoms with Crippen molar-refractivity contribution in [3.63, 3.8) is 0 Å². The lowest BCUT2D eigenvalue weighted by atomic mass is 10.1. The summed E-state index contributed by atoms with van der Waals surface area (Å²) in [6.45, 7) is 5.17. The van der Waals surface area contributed by atoms with Crippen molar-refractivity contribution < 1.29 is 8.42 Å². The van der Waals surface area contributed by atoms with Crippen LogP contribution < -0.4 is 10.0 Å². The zero-order chi connectivity index (χ0) is 15.3. The summed E-state index contributed by atoms with van der Waals surface area (Å²) < 4.78 is 27.6. The maximum absolute atomic E-state index is 12.5. The van der Waals surface area contributed by atoms with Crippen LogP contribution >= 0.6 is 0 Å². The summed E-state index contributed by atoms with van der Waals surface area (Å²) in [5.41, 5.74) is 2.18. The van der Waals surface area contributed by atoms with Crippen LogP contribution in [0.1, 0.15) is 25.0 Å². The van der Waals surface area contributed by atoms with Crippen LogP contribution in [0, 0.1) is 0 Å². The Balaban J connectivity index is 2.28. The van der Waals surface area contributed by atoms with Crippen LogP contribution in [0.3, 0.4) is 0 Å². The molecule has 6 nitrogen and oxygen atoms in total. The fourth-order valence-electron chi connectivity index (χ4n) is 2.04. The summed E-state index contributed by atoms with van der Waals surface area (Å²) in [4.78, 5) is 0. The molecule has 1 aromatic heterocycles. The number of nitrogens with zero attached hydrogens (tertiary/aromatic N) is 1. The third-order valence-electron chi connectivity index (χ3n) is 3.15. The molecule has 7 heteroatoms.